The number of H-pyrrole nitrogens is 1. The Bertz CT molecular complexity index is 704. The van der Waals surface area contributed by atoms with Crippen molar-refractivity contribution in [3.63, 3.8) is 0 Å². The van der Waals surface area contributed by atoms with Crippen molar-refractivity contribution in [3.05, 3.63) is 36.0 Å². The van der Waals surface area contributed by atoms with E-state index in [0.29, 0.717) is 12.0 Å². The molecule has 0 aliphatic carbocycles. The molecule has 2 saturated heterocycles. The summed E-state index contributed by atoms with van der Waals surface area (Å²) in [6.07, 6.45) is 5.76. The lowest BCUT2D eigenvalue weighted by Gasteiger charge is -2.32. The monoisotopic (exact) mass is 370 g/mol. The lowest BCUT2D eigenvalue weighted by Crippen LogP contribution is -2.45. The molecule has 6 nitrogen and oxygen atoms in total. The molecule has 3 heterocycles. The first kappa shape index (κ1) is 18.5. The van der Waals surface area contributed by atoms with Gasteiger partial charge in [0.2, 0.25) is 0 Å². The van der Waals surface area contributed by atoms with E-state index in [1.54, 1.807) is 7.11 Å². The Labute approximate surface area is 161 Å². The van der Waals surface area contributed by atoms with Gasteiger partial charge in [0.15, 0.2) is 0 Å². The van der Waals surface area contributed by atoms with Crippen LogP contribution in [0, 0.1) is 5.92 Å². The van der Waals surface area contributed by atoms with Gasteiger partial charge in [-0.2, -0.15) is 5.10 Å². The first-order chi connectivity index (χ1) is 13.3. The minimum atomic E-state index is 0.571. The molecule has 146 valence electrons. The molecule has 1 aromatic heterocycles. The molecular formula is C21H30N4O2. The van der Waals surface area contributed by atoms with Gasteiger partial charge in [-0.05, 0) is 44.5 Å². The number of likely N-dealkylation sites (tertiary alicyclic amines) is 1. The van der Waals surface area contributed by atoms with Crippen LogP contribution in [0.3, 0.4) is 0 Å². The maximum Gasteiger partial charge on any atom is 0.119 e. The SMILES string of the molecule is COc1cccc(-c2[nH]ncc2CNCC(C2CCOC2)N2CCCC2)c1. The fraction of sp³-hybridized carbons (Fsp3) is 0.571. The molecule has 2 atom stereocenters. The first-order valence-electron chi connectivity index (χ1n) is 10.0. The molecule has 2 N–H and O–H groups in total. The van der Waals surface area contributed by atoms with Crippen molar-refractivity contribution in [2.45, 2.75) is 31.8 Å². The average Bonchev–Trinajstić information content (AvgIpc) is 3.48. The molecule has 0 spiro atoms. The Hall–Kier alpha value is -1.89. The zero-order valence-corrected chi connectivity index (χ0v) is 16.1. The molecule has 27 heavy (non-hydrogen) atoms. The van der Waals surface area contributed by atoms with Crippen molar-refractivity contribution < 1.29 is 9.47 Å². The highest BCUT2D eigenvalue weighted by Gasteiger charge is 2.31. The number of hydrogen-bond acceptors (Lipinski definition) is 5. The topological polar surface area (TPSA) is 62.4 Å². The van der Waals surface area contributed by atoms with Crippen molar-refractivity contribution in [1.82, 2.24) is 20.4 Å². The van der Waals surface area contributed by atoms with Gasteiger partial charge in [0.1, 0.15) is 5.75 Å². The second-order valence-corrected chi connectivity index (χ2v) is 7.57. The minimum Gasteiger partial charge on any atom is -0.497 e. The Morgan fingerprint density at radius 1 is 1.37 bits per heavy atom. The van der Waals surface area contributed by atoms with Gasteiger partial charge >= 0.3 is 0 Å². The van der Waals surface area contributed by atoms with Crippen LogP contribution in [0.2, 0.25) is 0 Å². The van der Waals surface area contributed by atoms with Gasteiger partial charge in [0, 0.05) is 42.8 Å². The molecule has 2 unspecified atom stereocenters. The number of benzene rings is 1. The number of nitrogens with one attached hydrogen (secondary N) is 2. The normalized spacial score (nSPS) is 21.6. The third kappa shape index (κ3) is 4.34. The standard InChI is InChI=1S/C21H30N4O2/c1-26-19-6-4-5-16(11-19)21-18(13-23-24-21)12-22-14-20(17-7-10-27-15-17)25-8-2-3-9-25/h4-6,11,13,17,20,22H,2-3,7-10,12,14-15H2,1H3,(H,23,24). The highest BCUT2D eigenvalue weighted by Crippen LogP contribution is 2.26. The van der Waals surface area contributed by atoms with Crippen molar-refractivity contribution in [2.24, 2.45) is 5.92 Å². The van der Waals surface area contributed by atoms with Gasteiger partial charge in [0.25, 0.3) is 0 Å². The second kappa shape index (κ2) is 8.87. The van der Waals surface area contributed by atoms with E-state index in [1.165, 1.54) is 37.9 Å². The molecule has 2 aliphatic rings. The highest BCUT2D eigenvalue weighted by atomic mass is 16.5. The molecule has 0 amide bonds. The maximum absolute atomic E-state index is 5.67. The summed E-state index contributed by atoms with van der Waals surface area (Å²) in [7, 11) is 1.69. The summed E-state index contributed by atoms with van der Waals surface area (Å²) in [5.41, 5.74) is 3.35. The van der Waals surface area contributed by atoms with Gasteiger partial charge in [-0.15, -0.1) is 0 Å². The average molecular weight is 370 g/mol. The summed E-state index contributed by atoms with van der Waals surface area (Å²) in [5.74, 6) is 1.51. The largest absolute Gasteiger partial charge is 0.497 e. The van der Waals surface area contributed by atoms with Crippen LogP contribution in [0.25, 0.3) is 11.3 Å². The van der Waals surface area contributed by atoms with E-state index in [-0.39, 0.29) is 0 Å². The number of aromatic nitrogens is 2. The zero-order valence-electron chi connectivity index (χ0n) is 16.1. The molecule has 0 saturated carbocycles. The van der Waals surface area contributed by atoms with E-state index in [0.717, 1.165) is 43.3 Å². The summed E-state index contributed by atoms with van der Waals surface area (Å²) < 4.78 is 11.0. The third-order valence-electron chi connectivity index (χ3n) is 5.86. The van der Waals surface area contributed by atoms with Crippen molar-refractivity contribution in [3.8, 4) is 17.0 Å². The Balaban J connectivity index is 1.40. The fourth-order valence-corrected chi connectivity index (χ4v) is 4.35. The molecule has 2 aliphatic heterocycles. The molecule has 2 fully saturated rings. The van der Waals surface area contributed by atoms with Crippen LogP contribution in [0.15, 0.2) is 30.5 Å². The Morgan fingerprint density at radius 2 is 2.26 bits per heavy atom. The maximum atomic E-state index is 5.67. The summed E-state index contributed by atoms with van der Waals surface area (Å²) in [4.78, 5) is 2.66. The molecule has 0 bridgehead atoms. The van der Waals surface area contributed by atoms with Crippen LogP contribution in [0.4, 0.5) is 0 Å². The van der Waals surface area contributed by atoms with E-state index >= 15 is 0 Å². The quantitative estimate of drug-likeness (QED) is 0.748. The number of rotatable bonds is 8. The van der Waals surface area contributed by atoms with Gasteiger partial charge < -0.3 is 14.8 Å². The van der Waals surface area contributed by atoms with Gasteiger partial charge in [-0.1, -0.05) is 12.1 Å². The summed E-state index contributed by atoms with van der Waals surface area (Å²) in [5, 5.41) is 11.1. The van der Waals surface area contributed by atoms with Gasteiger partial charge in [-0.25, -0.2) is 0 Å². The molecular weight excluding hydrogens is 340 g/mol. The van der Waals surface area contributed by atoms with Gasteiger partial charge in [0.05, 0.1) is 25.6 Å². The lowest BCUT2D eigenvalue weighted by molar-refractivity contribution is 0.134. The van der Waals surface area contributed by atoms with E-state index < -0.39 is 0 Å². The lowest BCUT2D eigenvalue weighted by atomic mass is 9.97. The van der Waals surface area contributed by atoms with E-state index in [9.17, 15) is 0 Å². The highest BCUT2D eigenvalue weighted by molar-refractivity contribution is 5.64. The number of hydrogen-bond donors (Lipinski definition) is 2. The number of nitrogens with zero attached hydrogens (tertiary/aromatic N) is 2. The van der Waals surface area contributed by atoms with Crippen molar-refractivity contribution in [1.29, 1.82) is 0 Å². The number of methoxy groups -OCH3 is 1. The summed E-state index contributed by atoms with van der Waals surface area (Å²) in [6.45, 7) is 6.07. The smallest absolute Gasteiger partial charge is 0.119 e. The third-order valence-corrected chi connectivity index (χ3v) is 5.86. The van der Waals surface area contributed by atoms with Gasteiger partial charge in [-0.3, -0.25) is 10.00 Å². The summed E-state index contributed by atoms with van der Waals surface area (Å²) >= 11 is 0. The predicted octanol–water partition coefficient (Wildman–Crippen LogP) is 2.68. The Kier molecular flexibility index (Phi) is 6.07. The molecule has 4 rings (SSSR count). The van der Waals surface area contributed by atoms with Crippen LogP contribution in [0.1, 0.15) is 24.8 Å². The molecule has 2 aromatic rings. The number of aromatic amines is 1. The summed E-state index contributed by atoms with van der Waals surface area (Å²) in [6, 6.07) is 8.67. The molecule has 6 heteroatoms. The minimum absolute atomic E-state index is 0.571. The fourth-order valence-electron chi connectivity index (χ4n) is 4.35. The van der Waals surface area contributed by atoms with E-state index in [2.05, 4.69) is 26.5 Å². The zero-order chi connectivity index (χ0) is 18.5. The second-order valence-electron chi connectivity index (χ2n) is 7.57. The Morgan fingerprint density at radius 3 is 3.04 bits per heavy atom. The van der Waals surface area contributed by atoms with Crippen LogP contribution in [-0.2, 0) is 11.3 Å². The van der Waals surface area contributed by atoms with Crippen LogP contribution >= 0.6 is 0 Å². The van der Waals surface area contributed by atoms with E-state index in [1.807, 2.05) is 24.4 Å². The molecule has 1 aromatic carbocycles. The van der Waals surface area contributed by atoms with Crippen molar-refractivity contribution >= 4 is 0 Å². The van der Waals surface area contributed by atoms with Crippen LogP contribution < -0.4 is 10.1 Å². The number of ether oxygens (including phenoxy) is 2. The van der Waals surface area contributed by atoms with Crippen LogP contribution in [0.5, 0.6) is 5.75 Å². The van der Waals surface area contributed by atoms with E-state index in [4.69, 9.17) is 9.47 Å². The van der Waals surface area contributed by atoms with Crippen LogP contribution in [-0.4, -0.2) is 61.1 Å². The predicted molar refractivity (Wildman–Crippen MR) is 106 cm³/mol. The van der Waals surface area contributed by atoms with Crippen molar-refractivity contribution in [2.75, 3.05) is 40.0 Å². The first-order valence-corrected chi connectivity index (χ1v) is 10.0. The molecule has 0 radical (unpaired) electrons.